The fraction of sp³-hybridized carbons (Fsp3) is 0.133. The van der Waals surface area contributed by atoms with E-state index >= 15 is 0 Å². The lowest BCUT2D eigenvalue weighted by Gasteiger charge is -2.15. The number of hydrogen-bond acceptors (Lipinski definition) is 2. The summed E-state index contributed by atoms with van der Waals surface area (Å²) >= 11 is 6.82. The molecule has 8 heteroatoms. The Morgan fingerprint density at radius 2 is 1.78 bits per heavy atom. The topological polar surface area (TPSA) is 29.1 Å². The van der Waals surface area contributed by atoms with Gasteiger partial charge in [-0.3, -0.25) is 4.79 Å². The molecule has 23 heavy (non-hydrogen) atoms. The molecule has 1 amide bonds. The number of thioether (sulfide) groups is 1. The predicted molar refractivity (Wildman–Crippen MR) is 82.2 cm³/mol. The molecule has 0 heterocycles. The third-order valence-electron chi connectivity index (χ3n) is 2.77. The second-order valence-corrected chi connectivity index (χ2v) is 5.91. The molecule has 0 saturated carbocycles. The van der Waals surface area contributed by atoms with E-state index < -0.39 is 29.2 Å². The molecule has 0 fully saturated rings. The Labute approximate surface area is 138 Å². The number of halogens is 5. The minimum atomic E-state index is -4.63. The van der Waals surface area contributed by atoms with E-state index in [1.165, 1.54) is 30.3 Å². The van der Waals surface area contributed by atoms with Crippen LogP contribution in [0.4, 0.5) is 23.2 Å². The summed E-state index contributed by atoms with van der Waals surface area (Å²) in [4.78, 5) is 12.5. The third-order valence-corrected chi connectivity index (χ3v) is 4.09. The van der Waals surface area contributed by atoms with Crippen LogP contribution in [-0.4, -0.2) is 11.7 Å². The summed E-state index contributed by atoms with van der Waals surface area (Å²) in [5.41, 5.74) is -1.48. The van der Waals surface area contributed by atoms with E-state index in [4.69, 9.17) is 11.6 Å². The van der Waals surface area contributed by atoms with E-state index in [0.29, 0.717) is 4.90 Å². The van der Waals surface area contributed by atoms with Gasteiger partial charge < -0.3 is 5.32 Å². The summed E-state index contributed by atoms with van der Waals surface area (Å²) in [6.07, 6.45) is -4.63. The third kappa shape index (κ3) is 4.87. The van der Waals surface area contributed by atoms with E-state index in [1.807, 2.05) is 0 Å². The van der Waals surface area contributed by atoms with Crippen molar-refractivity contribution in [1.29, 1.82) is 0 Å². The van der Waals surface area contributed by atoms with Crippen LogP contribution in [0.2, 0.25) is 5.02 Å². The van der Waals surface area contributed by atoms with Crippen LogP contribution in [0.15, 0.2) is 47.4 Å². The highest BCUT2D eigenvalue weighted by Crippen LogP contribution is 2.38. The molecule has 0 spiro atoms. The Bertz CT molecular complexity index is 704. The zero-order valence-corrected chi connectivity index (χ0v) is 13.0. The molecule has 0 aliphatic heterocycles. The van der Waals surface area contributed by atoms with Crippen molar-refractivity contribution in [3.63, 3.8) is 0 Å². The van der Waals surface area contributed by atoms with Gasteiger partial charge in [0.1, 0.15) is 5.82 Å². The SMILES string of the molecule is O=C(CSc1ccc(F)cc1)Nc1c(Cl)cccc1C(F)(F)F. The van der Waals surface area contributed by atoms with Crippen molar-refractivity contribution in [2.24, 2.45) is 0 Å². The second kappa shape index (κ2) is 7.23. The Balaban J connectivity index is 2.07. The van der Waals surface area contributed by atoms with Crippen molar-refractivity contribution in [2.45, 2.75) is 11.1 Å². The molecule has 0 atom stereocenters. The number of carbonyl (C=O) groups is 1. The van der Waals surface area contributed by atoms with Gasteiger partial charge in [0.05, 0.1) is 22.0 Å². The Morgan fingerprint density at radius 3 is 2.39 bits per heavy atom. The zero-order valence-electron chi connectivity index (χ0n) is 11.5. The molecule has 0 aliphatic carbocycles. The summed E-state index contributed by atoms with van der Waals surface area (Å²) in [6.45, 7) is 0. The summed E-state index contributed by atoms with van der Waals surface area (Å²) in [6, 6.07) is 8.68. The molecule has 0 unspecified atom stereocenters. The first-order valence-corrected chi connectivity index (χ1v) is 7.67. The normalized spacial score (nSPS) is 11.3. The number of hydrogen-bond donors (Lipinski definition) is 1. The van der Waals surface area contributed by atoms with Crippen LogP contribution in [0.1, 0.15) is 5.56 Å². The highest BCUT2D eigenvalue weighted by atomic mass is 35.5. The van der Waals surface area contributed by atoms with Gasteiger partial charge in [-0.15, -0.1) is 11.8 Å². The molecule has 122 valence electrons. The van der Waals surface area contributed by atoms with Crippen molar-refractivity contribution in [3.05, 3.63) is 58.9 Å². The molecule has 0 bridgehead atoms. The Hall–Kier alpha value is -1.73. The fourth-order valence-corrected chi connectivity index (χ4v) is 2.66. The first-order chi connectivity index (χ1) is 10.8. The van der Waals surface area contributed by atoms with Crippen molar-refractivity contribution < 1.29 is 22.4 Å². The van der Waals surface area contributed by atoms with Crippen molar-refractivity contribution in [2.75, 3.05) is 11.1 Å². The van der Waals surface area contributed by atoms with Gasteiger partial charge in [0.25, 0.3) is 0 Å². The molecular weight excluding hydrogens is 354 g/mol. The largest absolute Gasteiger partial charge is 0.418 e. The van der Waals surface area contributed by atoms with Crippen LogP contribution in [0.5, 0.6) is 0 Å². The fourth-order valence-electron chi connectivity index (χ4n) is 1.74. The minimum Gasteiger partial charge on any atom is -0.324 e. The van der Waals surface area contributed by atoms with Gasteiger partial charge in [-0.1, -0.05) is 17.7 Å². The van der Waals surface area contributed by atoms with Crippen molar-refractivity contribution in [3.8, 4) is 0 Å². The molecular formula is C15H10ClF4NOS. The van der Waals surface area contributed by atoms with Gasteiger partial charge >= 0.3 is 6.18 Å². The van der Waals surface area contributed by atoms with Crippen LogP contribution in [0.3, 0.4) is 0 Å². The van der Waals surface area contributed by atoms with Gasteiger partial charge in [0.15, 0.2) is 0 Å². The monoisotopic (exact) mass is 363 g/mol. The average Bonchev–Trinajstić information content (AvgIpc) is 2.47. The summed E-state index contributed by atoms with van der Waals surface area (Å²) < 4.78 is 51.5. The van der Waals surface area contributed by atoms with Gasteiger partial charge in [-0.05, 0) is 36.4 Å². The quantitative estimate of drug-likeness (QED) is 0.595. The zero-order chi connectivity index (χ0) is 17.0. The summed E-state index contributed by atoms with van der Waals surface area (Å²) in [7, 11) is 0. The maximum atomic E-state index is 12.9. The van der Waals surface area contributed by atoms with Crippen LogP contribution >= 0.6 is 23.4 Å². The molecule has 1 N–H and O–H groups in total. The maximum Gasteiger partial charge on any atom is 0.418 e. The second-order valence-electron chi connectivity index (χ2n) is 4.45. The molecule has 2 aromatic rings. The van der Waals surface area contributed by atoms with E-state index in [2.05, 4.69) is 5.32 Å². The lowest BCUT2D eigenvalue weighted by atomic mass is 10.1. The average molecular weight is 364 g/mol. The Morgan fingerprint density at radius 1 is 1.13 bits per heavy atom. The van der Waals surface area contributed by atoms with Gasteiger partial charge in [0, 0.05) is 4.90 Å². The summed E-state index contributed by atoms with van der Waals surface area (Å²) in [5.74, 6) is -1.18. The lowest BCUT2D eigenvalue weighted by molar-refractivity contribution is -0.137. The van der Waals surface area contributed by atoms with E-state index in [1.54, 1.807) is 0 Å². The van der Waals surface area contributed by atoms with E-state index in [0.717, 1.165) is 23.9 Å². The number of amides is 1. The van der Waals surface area contributed by atoms with Gasteiger partial charge in [-0.2, -0.15) is 13.2 Å². The first-order valence-electron chi connectivity index (χ1n) is 6.31. The number of benzene rings is 2. The van der Waals surface area contributed by atoms with Crippen LogP contribution < -0.4 is 5.32 Å². The van der Waals surface area contributed by atoms with Crippen LogP contribution in [0, 0.1) is 5.82 Å². The number of nitrogens with one attached hydrogen (secondary N) is 1. The van der Waals surface area contributed by atoms with E-state index in [-0.39, 0.29) is 10.8 Å². The molecule has 0 aromatic heterocycles. The molecule has 2 rings (SSSR count). The first kappa shape index (κ1) is 17.6. The van der Waals surface area contributed by atoms with Crippen LogP contribution in [-0.2, 0) is 11.0 Å². The van der Waals surface area contributed by atoms with Crippen LogP contribution in [0.25, 0.3) is 0 Å². The molecule has 0 radical (unpaired) electrons. The smallest absolute Gasteiger partial charge is 0.324 e. The Kier molecular flexibility index (Phi) is 5.54. The highest BCUT2D eigenvalue weighted by molar-refractivity contribution is 8.00. The standard InChI is InChI=1S/C15H10ClF4NOS/c16-12-3-1-2-11(15(18,19)20)14(12)21-13(22)8-23-10-6-4-9(17)5-7-10/h1-7H,8H2,(H,21,22). The lowest BCUT2D eigenvalue weighted by Crippen LogP contribution is -2.18. The number of alkyl halides is 3. The number of anilines is 1. The summed E-state index contributed by atoms with van der Waals surface area (Å²) in [5, 5.41) is 1.99. The van der Waals surface area contributed by atoms with Crippen molar-refractivity contribution in [1.82, 2.24) is 0 Å². The molecule has 2 nitrogen and oxygen atoms in total. The minimum absolute atomic E-state index is 0.131. The molecule has 0 saturated heterocycles. The molecule has 2 aromatic carbocycles. The van der Waals surface area contributed by atoms with Gasteiger partial charge in [0.2, 0.25) is 5.91 Å². The predicted octanol–water partition coefficient (Wildman–Crippen LogP) is 5.23. The number of carbonyl (C=O) groups excluding carboxylic acids is 1. The molecule has 0 aliphatic rings. The van der Waals surface area contributed by atoms with Gasteiger partial charge in [-0.25, -0.2) is 4.39 Å². The van der Waals surface area contributed by atoms with Crippen molar-refractivity contribution >= 4 is 35.0 Å². The van der Waals surface area contributed by atoms with E-state index in [9.17, 15) is 22.4 Å². The number of para-hydroxylation sites is 1. The maximum absolute atomic E-state index is 12.9. The number of rotatable bonds is 4. The highest BCUT2D eigenvalue weighted by Gasteiger charge is 2.34.